The largest absolute Gasteiger partial charge is 0.383 e. The third-order valence-electron chi connectivity index (χ3n) is 1.42. The number of pyridine rings is 1. The Hall–Kier alpha value is -1.22. The highest BCUT2D eigenvalue weighted by Crippen LogP contribution is 2.31. The van der Waals surface area contributed by atoms with Crippen LogP contribution in [0.5, 0.6) is 0 Å². The maximum Gasteiger partial charge on any atom is 0.266 e. The van der Waals surface area contributed by atoms with E-state index < -0.39 is 6.43 Å². The van der Waals surface area contributed by atoms with Crippen molar-refractivity contribution in [3.63, 3.8) is 0 Å². The molecule has 3 nitrogen and oxygen atoms in total. The SMILES string of the molecule is N#Cc1c(N)ncc(C(F)F)c1Br. The Balaban J connectivity index is 3.38. The molecule has 68 valence electrons. The molecule has 0 unspecified atom stereocenters. The van der Waals surface area contributed by atoms with E-state index in [1.807, 2.05) is 0 Å². The Morgan fingerprint density at radius 3 is 2.69 bits per heavy atom. The van der Waals surface area contributed by atoms with Crippen LogP contribution in [0, 0.1) is 11.3 Å². The number of alkyl halides is 2. The van der Waals surface area contributed by atoms with Crippen LogP contribution < -0.4 is 5.73 Å². The van der Waals surface area contributed by atoms with Crippen LogP contribution >= 0.6 is 15.9 Å². The number of aromatic nitrogens is 1. The van der Waals surface area contributed by atoms with Gasteiger partial charge >= 0.3 is 0 Å². The van der Waals surface area contributed by atoms with Crippen LogP contribution in [-0.4, -0.2) is 4.98 Å². The first kappa shape index (κ1) is 9.86. The van der Waals surface area contributed by atoms with Crippen LogP contribution in [0.25, 0.3) is 0 Å². The summed E-state index contributed by atoms with van der Waals surface area (Å²) in [5.41, 5.74) is 4.91. The topological polar surface area (TPSA) is 62.7 Å². The molecule has 1 heterocycles. The van der Waals surface area contributed by atoms with Crippen LogP contribution in [0.15, 0.2) is 10.7 Å². The average molecular weight is 248 g/mol. The Kier molecular flexibility index (Phi) is 2.78. The van der Waals surface area contributed by atoms with Crippen molar-refractivity contribution in [1.82, 2.24) is 4.98 Å². The summed E-state index contributed by atoms with van der Waals surface area (Å²) in [6, 6.07) is 1.69. The molecule has 0 aliphatic rings. The van der Waals surface area contributed by atoms with Gasteiger partial charge in [0.2, 0.25) is 0 Å². The molecule has 6 heteroatoms. The molecule has 0 fully saturated rings. The van der Waals surface area contributed by atoms with Gasteiger partial charge in [0.1, 0.15) is 17.5 Å². The Labute approximate surface area is 81.3 Å². The van der Waals surface area contributed by atoms with Crippen LogP contribution in [0.2, 0.25) is 0 Å². The van der Waals surface area contributed by atoms with Gasteiger partial charge in [-0.25, -0.2) is 13.8 Å². The average Bonchev–Trinajstić information content (AvgIpc) is 2.04. The summed E-state index contributed by atoms with van der Waals surface area (Å²) in [6.07, 6.45) is -1.72. The fourth-order valence-electron chi connectivity index (χ4n) is 0.776. The van der Waals surface area contributed by atoms with E-state index in [0.717, 1.165) is 6.20 Å². The number of nitrogen functional groups attached to an aromatic ring is 1. The first-order valence-corrected chi connectivity index (χ1v) is 3.99. The van der Waals surface area contributed by atoms with Crippen molar-refractivity contribution in [3.8, 4) is 6.07 Å². The zero-order valence-electron chi connectivity index (χ0n) is 6.26. The van der Waals surface area contributed by atoms with Gasteiger partial charge in [-0.2, -0.15) is 5.26 Å². The van der Waals surface area contributed by atoms with E-state index in [0.29, 0.717) is 0 Å². The van der Waals surface area contributed by atoms with Crippen molar-refractivity contribution >= 4 is 21.7 Å². The van der Waals surface area contributed by atoms with Crippen LogP contribution in [0.1, 0.15) is 17.6 Å². The molecule has 0 saturated heterocycles. The molecule has 1 aromatic rings. The highest BCUT2D eigenvalue weighted by molar-refractivity contribution is 9.10. The molecule has 13 heavy (non-hydrogen) atoms. The van der Waals surface area contributed by atoms with Crippen molar-refractivity contribution in [2.24, 2.45) is 0 Å². The second-order valence-electron chi connectivity index (χ2n) is 2.20. The fourth-order valence-corrected chi connectivity index (χ4v) is 1.34. The van der Waals surface area contributed by atoms with Gasteiger partial charge in [0.25, 0.3) is 6.43 Å². The first-order valence-electron chi connectivity index (χ1n) is 3.20. The number of hydrogen-bond acceptors (Lipinski definition) is 3. The van der Waals surface area contributed by atoms with Gasteiger partial charge < -0.3 is 5.73 Å². The quantitative estimate of drug-likeness (QED) is 0.828. The second-order valence-corrected chi connectivity index (χ2v) is 2.99. The number of halogens is 3. The third kappa shape index (κ3) is 1.75. The van der Waals surface area contributed by atoms with E-state index in [9.17, 15) is 8.78 Å². The van der Waals surface area contributed by atoms with Gasteiger partial charge in [-0.3, -0.25) is 0 Å². The number of hydrogen-bond donors (Lipinski definition) is 1. The Bertz CT molecular complexity index is 373. The van der Waals surface area contributed by atoms with E-state index in [-0.39, 0.29) is 21.4 Å². The second kappa shape index (κ2) is 3.66. The predicted octanol–water partition coefficient (Wildman–Crippen LogP) is 2.24. The maximum atomic E-state index is 12.3. The number of anilines is 1. The van der Waals surface area contributed by atoms with E-state index in [4.69, 9.17) is 11.0 Å². The number of nitrogens with two attached hydrogens (primary N) is 1. The molecule has 0 saturated carbocycles. The summed E-state index contributed by atoms with van der Waals surface area (Å²) in [5.74, 6) is -0.0567. The highest BCUT2D eigenvalue weighted by Gasteiger charge is 2.17. The molecule has 0 atom stereocenters. The predicted molar refractivity (Wildman–Crippen MR) is 46.0 cm³/mol. The smallest absolute Gasteiger partial charge is 0.266 e. The highest BCUT2D eigenvalue weighted by atomic mass is 79.9. The lowest BCUT2D eigenvalue weighted by molar-refractivity contribution is 0.150. The van der Waals surface area contributed by atoms with Gasteiger partial charge in [-0.15, -0.1) is 0 Å². The van der Waals surface area contributed by atoms with Crippen molar-refractivity contribution in [2.45, 2.75) is 6.43 Å². The lowest BCUT2D eigenvalue weighted by Crippen LogP contribution is -1.99. The summed E-state index contributed by atoms with van der Waals surface area (Å²) < 4.78 is 24.5. The zero-order valence-corrected chi connectivity index (χ0v) is 7.85. The summed E-state index contributed by atoms with van der Waals surface area (Å²) in [5, 5.41) is 8.56. The molecule has 1 rings (SSSR count). The van der Waals surface area contributed by atoms with Gasteiger partial charge in [-0.05, 0) is 15.9 Å². The van der Waals surface area contributed by atoms with Crippen molar-refractivity contribution in [2.75, 3.05) is 5.73 Å². The van der Waals surface area contributed by atoms with Crippen molar-refractivity contribution in [3.05, 3.63) is 21.8 Å². The zero-order chi connectivity index (χ0) is 10.0. The minimum atomic E-state index is -2.67. The molecule has 2 N–H and O–H groups in total. The number of nitrogens with zero attached hydrogens (tertiary/aromatic N) is 2. The standard InChI is InChI=1S/C7H4BrF2N3/c8-5-3(1-11)7(12)13-2-4(5)6(9)10/h2,6H,(H2,12,13). The van der Waals surface area contributed by atoms with Crippen LogP contribution in [0.3, 0.4) is 0 Å². The molecule has 0 bridgehead atoms. The van der Waals surface area contributed by atoms with E-state index in [2.05, 4.69) is 20.9 Å². The summed E-state index contributed by atoms with van der Waals surface area (Å²) in [6.45, 7) is 0. The van der Waals surface area contributed by atoms with E-state index in [1.54, 1.807) is 6.07 Å². The summed E-state index contributed by atoms with van der Waals surface area (Å²) in [7, 11) is 0. The lowest BCUT2D eigenvalue weighted by atomic mass is 10.2. The molecule has 0 aliphatic carbocycles. The van der Waals surface area contributed by atoms with Crippen LogP contribution in [0.4, 0.5) is 14.6 Å². The number of rotatable bonds is 1. The maximum absolute atomic E-state index is 12.3. The molecule has 0 spiro atoms. The van der Waals surface area contributed by atoms with Gasteiger partial charge in [0, 0.05) is 10.7 Å². The Morgan fingerprint density at radius 2 is 2.23 bits per heavy atom. The molecule has 0 aromatic carbocycles. The molecular formula is C7H4BrF2N3. The van der Waals surface area contributed by atoms with Gasteiger partial charge in [0.05, 0.1) is 5.56 Å². The molecule has 1 aromatic heterocycles. The summed E-state index contributed by atoms with van der Waals surface area (Å²) >= 11 is 2.87. The van der Waals surface area contributed by atoms with Gasteiger partial charge in [-0.1, -0.05) is 0 Å². The van der Waals surface area contributed by atoms with E-state index in [1.165, 1.54) is 0 Å². The monoisotopic (exact) mass is 247 g/mol. The minimum Gasteiger partial charge on any atom is -0.383 e. The van der Waals surface area contributed by atoms with Crippen molar-refractivity contribution < 1.29 is 8.78 Å². The van der Waals surface area contributed by atoms with E-state index >= 15 is 0 Å². The molecule has 0 aliphatic heterocycles. The minimum absolute atomic E-state index is 0.0116. The fraction of sp³-hybridized carbons (Fsp3) is 0.143. The first-order chi connectivity index (χ1) is 6.07. The van der Waals surface area contributed by atoms with Crippen LogP contribution in [-0.2, 0) is 0 Å². The lowest BCUT2D eigenvalue weighted by Gasteiger charge is -2.05. The molecule has 0 amide bonds. The van der Waals surface area contributed by atoms with Gasteiger partial charge in [0.15, 0.2) is 0 Å². The number of nitriles is 1. The molecule has 0 radical (unpaired) electrons. The molecular weight excluding hydrogens is 244 g/mol. The summed E-state index contributed by atoms with van der Waals surface area (Å²) in [4.78, 5) is 3.48. The third-order valence-corrected chi connectivity index (χ3v) is 2.27. The normalized spacial score (nSPS) is 10.1. The Morgan fingerprint density at radius 1 is 1.62 bits per heavy atom. The van der Waals surface area contributed by atoms with Crippen molar-refractivity contribution in [1.29, 1.82) is 5.26 Å².